The largest absolute Gasteiger partial charge is 0.462 e. The summed E-state index contributed by atoms with van der Waals surface area (Å²) < 4.78 is 7.37. The molecule has 0 aliphatic heterocycles. The number of nitrogens with zero attached hydrogens (tertiary/aromatic N) is 2. The summed E-state index contributed by atoms with van der Waals surface area (Å²) in [6.45, 7) is 8.82. The van der Waals surface area contributed by atoms with Crippen LogP contribution in [-0.2, 0) is 11.3 Å². The highest BCUT2D eigenvalue weighted by Crippen LogP contribution is 2.40. The number of carbonyl (C=O) groups excluding carboxylic acids is 1. The van der Waals surface area contributed by atoms with Gasteiger partial charge < -0.3 is 15.4 Å². The van der Waals surface area contributed by atoms with Crippen molar-refractivity contribution in [1.29, 1.82) is 0 Å². The Bertz CT molecular complexity index is 1360. The number of aromatic nitrogens is 2. The Balaban J connectivity index is 1.55. The van der Waals surface area contributed by atoms with Crippen molar-refractivity contribution in [2.24, 2.45) is 0 Å². The molecule has 0 unspecified atom stereocenters. The summed E-state index contributed by atoms with van der Waals surface area (Å²) >= 11 is 7.10. The Morgan fingerprint density at radius 1 is 1.06 bits per heavy atom. The molecule has 0 bridgehead atoms. The lowest BCUT2D eigenvalue weighted by Crippen LogP contribution is -2.20. The standard InChI is InChI=1S/C27H28N4O2S2/c1-5-33-26(32)24-23(21-11-7-6-8-12-21)19(4)35-25(24)29-27(34)28-22-13-9-10-20(15-22)16-31-18(3)14-17(2)30-31/h6-15H,5,16H2,1-4H3,(H2,28,29,34). The maximum absolute atomic E-state index is 12.9. The van der Waals surface area contributed by atoms with Crippen molar-refractivity contribution in [3.05, 3.63) is 88.1 Å². The fraction of sp³-hybridized carbons (Fsp3) is 0.222. The first-order valence-corrected chi connectivity index (χ1v) is 12.6. The molecule has 0 radical (unpaired) electrons. The van der Waals surface area contributed by atoms with Gasteiger partial charge in [0.25, 0.3) is 0 Å². The van der Waals surface area contributed by atoms with Crippen LogP contribution in [0.15, 0.2) is 60.7 Å². The predicted octanol–water partition coefficient (Wildman–Crippen LogP) is 6.57. The summed E-state index contributed by atoms with van der Waals surface area (Å²) in [5.74, 6) is -0.368. The molecule has 0 aliphatic carbocycles. The second-order valence-electron chi connectivity index (χ2n) is 8.19. The number of hydrogen-bond acceptors (Lipinski definition) is 5. The number of carbonyl (C=O) groups is 1. The van der Waals surface area contributed by atoms with Crippen molar-refractivity contribution in [2.75, 3.05) is 17.2 Å². The Morgan fingerprint density at radius 2 is 1.83 bits per heavy atom. The van der Waals surface area contributed by atoms with Gasteiger partial charge in [0.2, 0.25) is 0 Å². The van der Waals surface area contributed by atoms with Gasteiger partial charge in [-0.2, -0.15) is 5.10 Å². The van der Waals surface area contributed by atoms with Gasteiger partial charge in [0.1, 0.15) is 10.6 Å². The van der Waals surface area contributed by atoms with Crippen molar-refractivity contribution < 1.29 is 9.53 Å². The number of aryl methyl sites for hydroxylation is 3. The molecule has 6 nitrogen and oxygen atoms in total. The summed E-state index contributed by atoms with van der Waals surface area (Å²) in [5.41, 5.74) is 6.42. The van der Waals surface area contributed by atoms with E-state index in [0.29, 0.717) is 28.8 Å². The second kappa shape index (κ2) is 10.8. The van der Waals surface area contributed by atoms with Gasteiger partial charge in [-0.3, -0.25) is 4.68 Å². The maximum atomic E-state index is 12.9. The first kappa shape index (κ1) is 24.6. The number of anilines is 2. The fourth-order valence-electron chi connectivity index (χ4n) is 4.00. The highest BCUT2D eigenvalue weighted by atomic mass is 32.1. The number of thiocarbonyl (C=S) groups is 1. The molecule has 0 spiro atoms. The molecule has 0 aliphatic rings. The molecule has 2 aromatic carbocycles. The lowest BCUT2D eigenvalue weighted by atomic mass is 10.0. The number of hydrogen-bond donors (Lipinski definition) is 2. The zero-order valence-electron chi connectivity index (χ0n) is 20.2. The molecule has 0 amide bonds. The highest BCUT2D eigenvalue weighted by molar-refractivity contribution is 7.80. The van der Waals surface area contributed by atoms with E-state index in [1.165, 1.54) is 11.3 Å². The van der Waals surface area contributed by atoms with E-state index in [0.717, 1.165) is 38.6 Å². The molecular weight excluding hydrogens is 476 g/mol. The van der Waals surface area contributed by atoms with Crippen LogP contribution in [0, 0.1) is 20.8 Å². The number of thiophene rings is 1. The Labute approximate surface area is 215 Å². The van der Waals surface area contributed by atoms with E-state index in [4.69, 9.17) is 17.0 Å². The van der Waals surface area contributed by atoms with E-state index in [1.807, 2.05) is 67.1 Å². The maximum Gasteiger partial charge on any atom is 0.341 e. The first-order valence-electron chi connectivity index (χ1n) is 11.4. The van der Waals surface area contributed by atoms with Crippen LogP contribution in [0.25, 0.3) is 11.1 Å². The SMILES string of the molecule is CCOC(=O)c1c(NC(=S)Nc2cccc(Cn3nc(C)cc3C)c2)sc(C)c1-c1ccccc1. The normalized spacial score (nSPS) is 10.7. The van der Waals surface area contributed by atoms with Gasteiger partial charge in [0, 0.05) is 21.8 Å². The van der Waals surface area contributed by atoms with Crippen LogP contribution in [0.3, 0.4) is 0 Å². The monoisotopic (exact) mass is 504 g/mol. The average Bonchev–Trinajstić information content (AvgIpc) is 3.31. The zero-order chi connectivity index (χ0) is 24.9. The summed E-state index contributed by atoms with van der Waals surface area (Å²) in [6, 6.07) is 20.0. The third kappa shape index (κ3) is 5.78. The summed E-state index contributed by atoms with van der Waals surface area (Å²) in [5, 5.41) is 12.1. The van der Waals surface area contributed by atoms with Crippen LogP contribution in [0.2, 0.25) is 0 Å². The van der Waals surface area contributed by atoms with E-state index in [2.05, 4.69) is 34.8 Å². The summed E-state index contributed by atoms with van der Waals surface area (Å²) in [6.07, 6.45) is 0. The predicted molar refractivity (Wildman–Crippen MR) is 148 cm³/mol. The molecule has 0 saturated heterocycles. The Morgan fingerprint density at radius 3 is 2.51 bits per heavy atom. The van der Waals surface area contributed by atoms with Crippen LogP contribution in [-0.4, -0.2) is 27.5 Å². The lowest BCUT2D eigenvalue weighted by molar-refractivity contribution is 0.0529. The van der Waals surface area contributed by atoms with Gasteiger partial charge in [0.05, 0.1) is 18.8 Å². The van der Waals surface area contributed by atoms with Crippen LogP contribution in [0.4, 0.5) is 10.7 Å². The van der Waals surface area contributed by atoms with Gasteiger partial charge in [-0.25, -0.2) is 4.79 Å². The van der Waals surface area contributed by atoms with Crippen LogP contribution in [0.1, 0.15) is 39.1 Å². The summed E-state index contributed by atoms with van der Waals surface area (Å²) in [4.78, 5) is 13.9. The Hall–Kier alpha value is -3.49. The van der Waals surface area contributed by atoms with E-state index >= 15 is 0 Å². The van der Waals surface area contributed by atoms with Crippen molar-refractivity contribution in [3.8, 4) is 11.1 Å². The van der Waals surface area contributed by atoms with Crippen LogP contribution >= 0.6 is 23.6 Å². The van der Waals surface area contributed by atoms with Crippen molar-refractivity contribution in [3.63, 3.8) is 0 Å². The Kier molecular flexibility index (Phi) is 7.63. The molecule has 180 valence electrons. The smallest absolute Gasteiger partial charge is 0.341 e. The van der Waals surface area contributed by atoms with Gasteiger partial charge in [0.15, 0.2) is 5.11 Å². The van der Waals surface area contributed by atoms with Gasteiger partial charge in [-0.05, 0) is 69.2 Å². The molecule has 2 aromatic heterocycles. The minimum Gasteiger partial charge on any atom is -0.462 e. The van der Waals surface area contributed by atoms with Gasteiger partial charge in [-0.15, -0.1) is 11.3 Å². The third-order valence-electron chi connectivity index (χ3n) is 5.47. The van der Waals surface area contributed by atoms with Gasteiger partial charge in [-0.1, -0.05) is 42.5 Å². The fourth-order valence-corrected chi connectivity index (χ4v) is 5.36. The van der Waals surface area contributed by atoms with Crippen LogP contribution in [0.5, 0.6) is 0 Å². The van der Waals surface area contributed by atoms with Crippen molar-refractivity contribution in [1.82, 2.24) is 9.78 Å². The molecule has 2 heterocycles. The molecule has 4 aromatic rings. The molecule has 4 rings (SSSR count). The molecule has 35 heavy (non-hydrogen) atoms. The van der Waals surface area contributed by atoms with Gasteiger partial charge >= 0.3 is 5.97 Å². The number of rotatable bonds is 7. The minimum atomic E-state index is -0.368. The number of ether oxygens (including phenoxy) is 1. The third-order valence-corrected chi connectivity index (χ3v) is 6.70. The zero-order valence-corrected chi connectivity index (χ0v) is 21.8. The van der Waals surface area contributed by atoms with Crippen molar-refractivity contribution in [2.45, 2.75) is 34.2 Å². The number of esters is 1. The minimum absolute atomic E-state index is 0.298. The quantitative estimate of drug-likeness (QED) is 0.219. The molecule has 8 heteroatoms. The topological polar surface area (TPSA) is 68.2 Å². The van der Waals surface area contributed by atoms with E-state index in [-0.39, 0.29) is 5.97 Å². The lowest BCUT2D eigenvalue weighted by Gasteiger charge is -2.13. The first-order chi connectivity index (χ1) is 16.9. The number of nitrogens with one attached hydrogen (secondary N) is 2. The van der Waals surface area contributed by atoms with E-state index < -0.39 is 0 Å². The molecule has 2 N–H and O–H groups in total. The van der Waals surface area contributed by atoms with E-state index in [9.17, 15) is 4.79 Å². The molecule has 0 fully saturated rings. The summed E-state index contributed by atoms with van der Waals surface area (Å²) in [7, 11) is 0. The van der Waals surface area contributed by atoms with Crippen molar-refractivity contribution >= 4 is 45.3 Å². The molecule has 0 atom stereocenters. The highest BCUT2D eigenvalue weighted by Gasteiger charge is 2.25. The number of benzene rings is 2. The van der Waals surface area contributed by atoms with E-state index in [1.54, 1.807) is 6.92 Å². The molecule has 0 saturated carbocycles. The second-order valence-corrected chi connectivity index (χ2v) is 9.82. The average molecular weight is 505 g/mol. The van der Waals surface area contributed by atoms with Crippen LogP contribution < -0.4 is 10.6 Å². The molecular formula is C27H28N4O2S2.